The Morgan fingerprint density at radius 1 is 1.39 bits per heavy atom. The number of aromatic amines is 1. The first-order valence-corrected chi connectivity index (χ1v) is 10.4. The van der Waals surface area contributed by atoms with Crippen LogP contribution in [0.2, 0.25) is 0 Å². The third kappa shape index (κ3) is 4.08. The van der Waals surface area contributed by atoms with Gasteiger partial charge in [0.15, 0.2) is 6.23 Å². The van der Waals surface area contributed by atoms with E-state index in [2.05, 4.69) is 4.98 Å². The molecule has 10 nitrogen and oxygen atoms in total. The van der Waals surface area contributed by atoms with E-state index in [9.17, 15) is 29.0 Å². The Balaban J connectivity index is 1.80. The number of non-ortho nitro benzene ring substituents is 1. The van der Waals surface area contributed by atoms with Gasteiger partial charge in [-0.3, -0.25) is 24.5 Å². The van der Waals surface area contributed by atoms with Crippen molar-refractivity contribution < 1.29 is 19.0 Å². The van der Waals surface area contributed by atoms with Crippen LogP contribution in [0.25, 0.3) is 0 Å². The van der Waals surface area contributed by atoms with Gasteiger partial charge in [0, 0.05) is 35.2 Å². The largest absolute Gasteiger partial charge is 0.471 e. The van der Waals surface area contributed by atoms with Crippen molar-refractivity contribution in [1.82, 2.24) is 9.55 Å². The lowest BCUT2D eigenvalue weighted by atomic mass is 10.3. The predicted octanol–water partition coefficient (Wildman–Crippen LogP) is 1.33. The van der Waals surface area contributed by atoms with E-state index >= 15 is 0 Å². The van der Waals surface area contributed by atoms with E-state index in [0.717, 1.165) is 10.8 Å². The van der Waals surface area contributed by atoms with Crippen molar-refractivity contribution in [2.45, 2.75) is 24.5 Å². The zero-order valence-corrected chi connectivity index (χ0v) is 16.1. The van der Waals surface area contributed by atoms with E-state index in [1.54, 1.807) is 0 Å². The van der Waals surface area contributed by atoms with Crippen LogP contribution in [0.5, 0.6) is 0 Å². The number of hydrogen-bond donors (Lipinski definition) is 2. The van der Waals surface area contributed by atoms with Gasteiger partial charge >= 0.3 is 5.69 Å². The molecule has 1 aromatic heterocycles. The Bertz CT molecular complexity index is 1090. The molecule has 2 heterocycles. The quantitative estimate of drug-likeness (QED) is 0.401. The van der Waals surface area contributed by atoms with Crippen molar-refractivity contribution in [1.29, 1.82) is 0 Å². The second kappa shape index (κ2) is 8.12. The van der Waals surface area contributed by atoms with Crippen LogP contribution in [-0.2, 0) is 14.6 Å². The highest BCUT2D eigenvalue weighted by molar-refractivity contribution is 8.70. The van der Waals surface area contributed by atoms with Gasteiger partial charge in [-0.2, -0.15) is 0 Å². The Labute approximate surface area is 163 Å². The first-order chi connectivity index (χ1) is 13.3. The number of rotatable bonds is 6. The lowest BCUT2D eigenvalue weighted by Crippen LogP contribution is -2.33. The number of ether oxygens (including phenoxy) is 1. The van der Waals surface area contributed by atoms with Crippen LogP contribution in [0.15, 0.2) is 55.6 Å². The normalized spacial score (nSPS) is 17.4. The standard InChI is InChI=1S/C16H15N3O7S2/c1-9-7-18(16(22)17-15(9)21)14-6-13(12(8-20)26-14)28(25)27-11-4-2-10(3-5-11)19(23)24/h2-5,7,14,20H,6,8H2,1H3,(H,17,21,22)/t14-,28?/m1/s1. The number of nitrogens with one attached hydrogen (secondary N) is 1. The summed E-state index contributed by atoms with van der Waals surface area (Å²) in [5, 5.41) is 20.2. The molecule has 148 valence electrons. The SMILES string of the molecule is Cc1cn([C@H]2CC(S(=O)Sc3ccc([N+](=O)[O-])cc3)=C(CO)O2)c(=O)[nH]c1=O. The van der Waals surface area contributed by atoms with Crippen LogP contribution in [0.1, 0.15) is 18.2 Å². The Kier molecular flexibility index (Phi) is 5.82. The predicted molar refractivity (Wildman–Crippen MR) is 102 cm³/mol. The second-order valence-electron chi connectivity index (χ2n) is 5.83. The van der Waals surface area contributed by atoms with Crippen molar-refractivity contribution in [3.8, 4) is 0 Å². The third-order valence-electron chi connectivity index (χ3n) is 3.97. The molecule has 1 aliphatic heterocycles. The summed E-state index contributed by atoms with van der Waals surface area (Å²) in [5.41, 5.74) is -0.953. The molecule has 0 spiro atoms. The number of H-pyrrole nitrogens is 1. The molecule has 1 aliphatic rings. The number of nitro benzene ring substituents is 1. The molecular weight excluding hydrogens is 410 g/mol. The molecular formula is C16H15N3O7S2. The van der Waals surface area contributed by atoms with Gasteiger partial charge in [-0.25, -0.2) is 9.00 Å². The zero-order valence-electron chi connectivity index (χ0n) is 14.5. The second-order valence-corrected chi connectivity index (χ2v) is 8.84. The molecule has 0 amide bonds. The minimum absolute atomic E-state index is 0.0773. The molecule has 0 aliphatic carbocycles. The first-order valence-electron chi connectivity index (χ1n) is 7.96. The lowest BCUT2D eigenvalue weighted by Gasteiger charge is -2.15. The smallest absolute Gasteiger partial charge is 0.331 e. The van der Waals surface area contributed by atoms with Gasteiger partial charge in [0.2, 0.25) is 0 Å². The van der Waals surface area contributed by atoms with E-state index in [-0.39, 0.29) is 17.9 Å². The van der Waals surface area contributed by atoms with E-state index < -0.39 is 38.8 Å². The summed E-state index contributed by atoms with van der Waals surface area (Å²) in [6, 6.07) is 5.56. The van der Waals surface area contributed by atoms with E-state index in [4.69, 9.17) is 4.74 Å². The molecule has 0 bridgehead atoms. The number of nitrogens with zero attached hydrogens (tertiary/aromatic N) is 2. The molecule has 0 fully saturated rings. The topological polar surface area (TPSA) is 145 Å². The summed E-state index contributed by atoms with van der Waals surface area (Å²) >= 11 is 0. The van der Waals surface area contributed by atoms with Crippen molar-refractivity contribution in [3.05, 3.63) is 77.6 Å². The van der Waals surface area contributed by atoms with Gasteiger partial charge in [0.25, 0.3) is 11.2 Å². The number of aromatic nitrogens is 2. The fraction of sp³-hybridized carbons (Fsp3) is 0.250. The number of hydrogen-bond acceptors (Lipinski definition) is 8. The van der Waals surface area contributed by atoms with Gasteiger partial charge in [-0.1, -0.05) is 0 Å². The Morgan fingerprint density at radius 3 is 2.68 bits per heavy atom. The van der Waals surface area contributed by atoms with Gasteiger partial charge < -0.3 is 9.84 Å². The van der Waals surface area contributed by atoms with E-state index in [1.807, 2.05) is 0 Å². The van der Waals surface area contributed by atoms with Gasteiger partial charge in [0.05, 0.1) is 9.83 Å². The van der Waals surface area contributed by atoms with Crippen LogP contribution < -0.4 is 11.2 Å². The highest BCUT2D eigenvalue weighted by Crippen LogP contribution is 2.38. The third-order valence-corrected chi connectivity index (χ3v) is 7.02. The molecule has 2 aromatic rings. The monoisotopic (exact) mass is 425 g/mol. The molecule has 2 N–H and O–H groups in total. The average Bonchev–Trinajstić information content (AvgIpc) is 3.09. The Hall–Kier alpha value is -2.70. The summed E-state index contributed by atoms with van der Waals surface area (Å²) < 4.78 is 19.5. The summed E-state index contributed by atoms with van der Waals surface area (Å²) in [5.74, 6) is 0.0912. The minimum Gasteiger partial charge on any atom is -0.471 e. The Morgan fingerprint density at radius 2 is 2.07 bits per heavy atom. The molecule has 1 aromatic carbocycles. The summed E-state index contributed by atoms with van der Waals surface area (Å²) in [4.78, 5) is 36.7. The number of benzene rings is 1. The first kappa shape index (κ1) is 20.0. The van der Waals surface area contributed by atoms with Crippen LogP contribution in [0, 0.1) is 17.0 Å². The molecule has 3 rings (SSSR count). The van der Waals surface area contributed by atoms with Crippen LogP contribution >= 0.6 is 10.8 Å². The summed E-state index contributed by atoms with van der Waals surface area (Å²) in [6.45, 7) is 1.03. The fourth-order valence-corrected chi connectivity index (χ4v) is 5.29. The van der Waals surface area contributed by atoms with Crippen LogP contribution in [0.4, 0.5) is 5.69 Å². The molecule has 28 heavy (non-hydrogen) atoms. The highest BCUT2D eigenvalue weighted by atomic mass is 33.1. The van der Waals surface area contributed by atoms with Crippen molar-refractivity contribution >= 4 is 26.3 Å². The van der Waals surface area contributed by atoms with Gasteiger partial charge in [-0.15, -0.1) is 0 Å². The van der Waals surface area contributed by atoms with Crippen molar-refractivity contribution in [3.63, 3.8) is 0 Å². The maximum Gasteiger partial charge on any atom is 0.331 e. The summed E-state index contributed by atoms with van der Waals surface area (Å²) in [7, 11) is -0.707. The zero-order chi connectivity index (χ0) is 20.4. The highest BCUT2D eigenvalue weighted by Gasteiger charge is 2.31. The van der Waals surface area contributed by atoms with Crippen LogP contribution in [-0.4, -0.2) is 30.4 Å². The molecule has 0 saturated carbocycles. The minimum atomic E-state index is -1.65. The average molecular weight is 425 g/mol. The molecule has 0 saturated heterocycles. The molecule has 1 unspecified atom stereocenters. The van der Waals surface area contributed by atoms with Crippen molar-refractivity contribution in [2.24, 2.45) is 0 Å². The van der Waals surface area contributed by atoms with Crippen LogP contribution in [0.3, 0.4) is 0 Å². The van der Waals surface area contributed by atoms with E-state index in [0.29, 0.717) is 15.4 Å². The number of aliphatic hydroxyl groups is 1. The summed E-state index contributed by atoms with van der Waals surface area (Å²) in [6.07, 6.45) is 0.575. The van der Waals surface area contributed by atoms with E-state index in [1.165, 1.54) is 42.0 Å². The molecule has 0 radical (unpaired) electrons. The number of aryl methyl sites for hydroxylation is 1. The van der Waals surface area contributed by atoms with Gasteiger partial charge in [0.1, 0.15) is 22.2 Å². The fourth-order valence-electron chi connectivity index (χ4n) is 2.55. The lowest BCUT2D eigenvalue weighted by molar-refractivity contribution is -0.384. The number of aliphatic hydroxyl groups excluding tert-OH is 1. The molecule has 12 heteroatoms. The molecule has 2 atom stereocenters. The maximum absolute atomic E-state index is 12.7. The van der Waals surface area contributed by atoms with Crippen molar-refractivity contribution in [2.75, 3.05) is 6.61 Å². The number of nitro groups is 1. The van der Waals surface area contributed by atoms with Gasteiger partial charge in [-0.05, 0) is 29.9 Å². The maximum atomic E-state index is 12.7.